The third-order valence-corrected chi connectivity index (χ3v) is 4.87. The summed E-state index contributed by atoms with van der Waals surface area (Å²) < 4.78 is 6.98. The van der Waals surface area contributed by atoms with Crippen molar-refractivity contribution in [1.82, 2.24) is 25.4 Å². The lowest BCUT2D eigenvalue weighted by Gasteiger charge is -2.27. The highest BCUT2D eigenvalue weighted by Crippen LogP contribution is 2.30. The van der Waals surface area contributed by atoms with E-state index in [2.05, 4.69) is 26.8 Å². The van der Waals surface area contributed by atoms with Crippen LogP contribution < -0.4 is 10.6 Å². The Morgan fingerprint density at radius 3 is 2.74 bits per heavy atom. The summed E-state index contributed by atoms with van der Waals surface area (Å²) in [5.41, 5.74) is 1.86. The van der Waals surface area contributed by atoms with Crippen LogP contribution in [-0.4, -0.2) is 47.5 Å². The highest BCUT2D eigenvalue weighted by Gasteiger charge is 2.40. The monoisotopic (exact) mass is 415 g/mol. The summed E-state index contributed by atoms with van der Waals surface area (Å²) in [6.45, 7) is 3.33. The lowest BCUT2D eigenvalue weighted by molar-refractivity contribution is -0.131. The predicted octanol–water partition coefficient (Wildman–Crippen LogP) is 1.80. The summed E-state index contributed by atoms with van der Waals surface area (Å²) in [5.74, 6) is 0.102. The molecule has 0 saturated carbocycles. The molecule has 1 aromatic heterocycles. The molecule has 2 aromatic rings. The molecular formula is C18H27Cl2N5O2. The number of carbonyl (C=O) groups excluding carboxylic acids is 1. The van der Waals surface area contributed by atoms with E-state index < -0.39 is 0 Å². The van der Waals surface area contributed by atoms with Crippen molar-refractivity contribution in [2.75, 3.05) is 26.8 Å². The number of amides is 1. The summed E-state index contributed by atoms with van der Waals surface area (Å²) in [7, 11) is 1.67. The maximum Gasteiger partial charge on any atom is 0.227 e. The number of aromatic nitrogens is 3. The molecule has 0 bridgehead atoms. The van der Waals surface area contributed by atoms with E-state index in [1.165, 1.54) is 6.33 Å². The molecule has 2 heterocycles. The molecule has 1 aliphatic heterocycles. The van der Waals surface area contributed by atoms with Gasteiger partial charge < -0.3 is 15.4 Å². The average molecular weight is 416 g/mol. The van der Waals surface area contributed by atoms with E-state index in [1.54, 1.807) is 18.1 Å². The zero-order valence-electron chi connectivity index (χ0n) is 15.4. The van der Waals surface area contributed by atoms with Crippen LogP contribution in [0.1, 0.15) is 24.0 Å². The molecule has 1 unspecified atom stereocenters. The number of hydrogen-bond acceptors (Lipinski definition) is 5. The van der Waals surface area contributed by atoms with Gasteiger partial charge in [-0.3, -0.25) is 4.79 Å². The molecule has 3 rings (SSSR count). The van der Waals surface area contributed by atoms with E-state index in [9.17, 15) is 4.79 Å². The minimum absolute atomic E-state index is 0. The average Bonchev–Trinajstić information content (AvgIpc) is 3.31. The molecule has 9 heteroatoms. The van der Waals surface area contributed by atoms with E-state index in [0.717, 1.165) is 30.5 Å². The Balaban J connectivity index is 0.00000182. The van der Waals surface area contributed by atoms with Gasteiger partial charge in [0.05, 0.1) is 12.0 Å². The summed E-state index contributed by atoms with van der Waals surface area (Å²) in [6.07, 6.45) is 4.81. The fourth-order valence-electron chi connectivity index (χ4n) is 3.30. The number of carbonyl (C=O) groups is 1. The van der Waals surface area contributed by atoms with E-state index in [1.807, 2.05) is 18.2 Å². The van der Waals surface area contributed by atoms with Gasteiger partial charge in [-0.15, -0.1) is 24.8 Å². The van der Waals surface area contributed by atoms with Crippen LogP contribution in [0.15, 0.2) is 36.9 Å². The van der Waals surface area contributed by atoms with Crippen molar-refractivity contribution < 1.29 is 9.53 Å². The van der Waals surface area contributed by atoms with Gasteiger partial charge in [0.1, 0.15) is 12.7 Å². The summed E-state index contributed by atoms with van der Waals surface area (Å²) in [6, 6.07) is 8.09. The Morgan fingerprint density at radius 1 is 1.33 bits per heavy atom. The largest absolute Gasteiger partial charge is 0.385 e. The molecule has 1 aliphatic rings. The van der Waals surface area contributed by atoms with Crippen LogP contribution in [-0.2, 0) is 22.6 Å². The third kappa shape index (κ3) is 5.90. The van der Waals surface area contributed by atoms with Gasteiger partial charge in [-0.05, 0) is 30.5 Å². The van der Waals surface area contributed by atoms with Crippen LogP contribution in [0.2, 0.25) is 0 Å². The molecule has 1 saturated heterocycles. The second kappa shape index (κ2) is 11.2. The standard InChI is InChI=1S/C18H25N5O2.2ClH/c1-25-9-7-18(6-8-19-12-18)17(24)21-10-15-4-2-3-5-16(15)11-23-14-20-13-22-23;;/h2-5,13-14,19H,6-12H2,1H3,(H,21,24);2*1H. The van der Waals surface area contributed by atoms with Crippen molar-refractivity contribution in [3.8, 4) is 0 Å². The second-order valence-electron chi connectivity index (χ2n) is 6.49. The Morgan fingerprint density at radius 2 is 2.11 bits per heavy atom. The third-order valence-electron chi connectivity index (χ3n) is 4.87. The molecule has 27 heavy (non-hydrogen) atoms. The first-order valence-corrected chi connectivity index (χ1v) is 8.61. The minimum atomic E-state index is -0.364. The predicted molar refractivity (Wildman–Crippen MR) is 108 cm³/mol. The number of hydrogen-bond donors (Lipinski definition) is 2. The van der Waals surface area contributed by atoms with Gasteiger partial charge in [-0.25, -0.2) is 9.67 Å². The van der Waals surface area contributed by atoms with Crippen LogP contribution in [0, 0.1) is 5.41 Å². The van der Waals surface area contributed by atoms with Crippen molar-refractivity contribution in [3.63, 3.8) is 0 Å². The molecule has 1 amide bonds. The smallest absolute Gasteiger partial charge is 0.227 e. The molecule has 150 valence electrons. The van der Waals surface area contributed by atoms with Crippen LogP contribution in [0.25, 0.3) is 0 Å². The first-order valence-electron chi connectivity index (χ1n) is 8.61. The quantitative estimate of drug-likeness (QED) is 0.686. The number of rotatable bonds is 8. The molecule has 0 radical (unpaired) electrons. The van der Waals surface area contributed by atoms with E-state index in [-0.39, 0.29) is 36.1 Å². The van der Waals surface area contributed by atoms with Crippen molar-refractivity contribution in [2.45, 2.75) is 25.9 Å². The van der Waals surface area contributed by atoms with E-state index >= 15 is 0 Å². The molecule has 1 fully saturated rings. The van der Waals surface area contributed by atoms with Gasteiger partial charge in [-0.2, -0.15) is 5.10 Å². The van der Waals surface area contributed by atoms with Gasteiger partial charge >= 0.3 is 0 Å². The highest BCUT2D eigenvalue weighted by molar-refractivity contribution is 5.85. The fourth-order valence-corrected chi connectivity index (χ4v) is 3.30. The molecule has 1 aromatic carbocycles. The van der Waals surface area contributed by atoms with Crippen molar-refractivity contribution in [1.29, 1.82) is 0 Å². The molecule has 2 N–H and O–H groups in total. The molecular weight excluding hydrogens is 389 g/mol. The zero-order valence-corrected chi connectivity index (χ0v) is 17.0. The lowest BCUT2D eigenvalue weighted by Crippen LogP contribution is -2.43. The lowest BCUT2D eigenvalue weighted by atomic mass is 9.82. The number of ether oxygens (including phenoxy) is 1. The molecule has 0 spiro atoms. The number of nitrogens with zero attached hydrogens (tertiary/aromatic N) is 3. The Kier molecular flexibility index (Phi) is 9.73. The summed E-state index contributed by atoms with van der Waals surface area (Å²) in [5, 5.41) is 10.6. The first kappa shape index (κ1) is 23.4. The van der Waals surface area contributed by atoms with Crippen molar-refractivity contribution in [2.24, 2.45) is 5.41 Å². The van der Waals surface area contributed by atoms with Crippen LogP contribution in [0.3, 0.4) is 0 Å². The van der Waals surface area contributed by atoms with Crippen LogP contribution >= 0.6 is 24.8 Å². The Hall–Kier alpha value is -1.67. The number of benzene rings is 1. The topological polar surface area (TPSA) is 81.1 Å². The molecule has 0 aliphatic carbocycles. The minimum Gasteiger partial charge on any atom is -0.385 e. The van der Waals surface area contributed by atoms with Gasteiger partial charge in [-0.1, -0.05) is 24.3 Å². The van der Waals surface area contributed by atoms with E-state index in [4.69, 9.17) is 4.74 Å². The maximum atomic E-state index is 12.8. The zero-order chi connectivity index (χ0) is 17.5. The Labute approximate surface area is 172 Å². The number of nitrogens with one attached hydrogen (secondary N) is 2. The fraction of sp³-hybridized carbons (Fsp3) is 0.500. The molecule has 1 atom stereocenters. The van der Waals surface area contributed by atoms with Gasteiger partial charge in [0, 0.05) is 26.8 Å². The maximum absolute atomic E-state index is 12.8. The second-order valence-corrected chi connectivity index (χ2v) is 6.49. The Bertz CT molecular complexity index is 691. The van der Waals surface area contributed by atoms with Crippen LogP contribution in [0.5, 0.6) is 0 Å². The SMILES string of the molecule is COCCC1(C(=O)NCc2ccccc2Cn2cncn2)CCNC1.Cl.Cl. The molecule has 7 nitrogen and oxygen atoms in total. The van der Waals surface area contributed by atoms with E-state index in [0.29, 0.717) is 26.2 Å². The van der Waals surface area contributed by atoms with Gasteiger partial charge in [0.2, 0.25) is 5.91 Å². The van der Waals surface area contributed by atoms with Gasteiger partial charge in [0.15, 0.2) is 0 Å². The summed E-state index contributed by atoms with van der Waals surface area (Å²) >= 11 is 0. The van der Waals surface area contributed by atoms with Crippen LogP contribution in [0.4, 0.5) is 0 Å². The summed E-state index contributed by atoms with van der Waals surface area (Å²) in [4.78, 5) is 16.8. The normalized spacial score (nSPS) is 18.4. The number of halogens is 2. The number of methoxy groups -OCH3 is 1. The first-order chi connectivity index (χ1) is 12.2. The van der Waals surface area contributed by atoms with Crippen molar-refractivity contribution >= 4 is 30.7 Å². The van der Waals surface area contributed by atoms with Gasteiger partial charge in [0.25, 0.3) is 0 Å². The highest BCUT2D eigenvalue weighted by atomic mass is 35.5. The van der Waals surface area contributed by atoms with Crippen molar-refractivity contribution in [3.05, 3.63) is 48.0 Å².